The number of sulfonamides is 1. The third-order valence-electron chi connectivity index (χ3n) is 4.37. The van der Waals surface area contributed by atoms with Gasteiger partial charge in [0.1, 0.15) is 11.5 Å². The molecule has 2 aromatic carbocycles. The molecule has 9 heteroatoms. The minimum Gasteiger partial charge on any atom is -0.495 e. The molecule has 0 aliphatic heterocycles. The second kappa shape index (κ2) is 7.89. The van der Waals surface area contributed by atoms with Crippen molar-refractivity contribution in [1.29, 1.82) is 0 Å². The van der Waals surface area contributed by atoms with E-state index >= 15 is 0 Å². The van der Waals surface area contributed by atoms with Crippen LogP contribution in [0.15, 0.2) is 35.2 Å². The van der Waals surface area contributed by atoms with Gasteiger partial charge >= 0.3 is 0 Å². The lowest BCUT2D eigenvalue weighted by atomic mass is 10.1. The molecule has 7 nitrogen and oxygen atoms in total. The van der Waals surface area contributed by atoms with Crippen molar-refractivity contribution in [2.24, 2.45) is 0 Å². The molecule has 1 saturated carbocycles. The van der Waals surface area contributed by atoms with E-state index in [1.807, 2.05) is 0 Å². The van der Waals surface area contributed by atoms with Crippen molar-refractivity contribution in [3.05, 3.63) is 46.5 Å². The zero-order valence-electron chi connectivity index (χ0n) is 15.7. The van der Waals surface area contributed by atoms with Crippen LogP contribution >= 0.6 is 11.6 Å². The Labute approximate surface area is 169 Å². The number of amides is 1. The highest BCUT2D eigenvalue weighted by Crippen LogP contribution is 2.37. The summed E-state index contributed by atoms with van der Waals surface area (Å²) < 4.78 is 38.8. The van der Waals surface area contributed by atoms with Crippen LogP contribution in [-0.2, 0) is 10.0 Å². The first-order chi connectivity index (χ1) is 13.2. The Balaban J connectivity index is 1.94. The number of carbonyl (C=O) groups is 1. The molecule has 28 heavy (non-hydrogen) atoms. The van der Waals surface area contributed by atoms with Crippen LogP contribution in [0.2, 0.25) is 5.02 Å². The Bertz CT molecular complexity index is 1020. The van der Waals surface area contributed by atoms with Gasteiger partial charge in [0.15, 0.2) is 0 Å². The van der Waals surface area contributed by atoms with Crippen LogP contribution in [0, 0.1) is 6.92 Å². The van der Waals surface area contributed by atoms with Gasteiger partial charge in [-0.05, 0) is 43.5 Å². The average Bonchev–Trinajstić information content (AvgIpc) is 3.45. The summed E-state index contributed by atoms with van der Waals surface area (Å²) in [6.45, 7) is 1.66. The zero-order chi connectivity index (χ0) is 20.5. The van der Waals surface area contributed by atoms with Crippen LogP contribution in [0.5, 0.6) is 11.5 Å². The number of methoxy groups -OCH3 is 2. The summed E-state index contributed by atoms with van der Waals surface area (Å²) in [6.07, 6.45) is 1.89. The standard InChI is InChI=1S/C19H21ClN2O5S/c1-11-4-5-12(19(23)21-13-6-7-13)8-18(11)28(24,25)22-15-9-14(20)16(26-2)10-17(15)27-3/h4-5,8-10,13,22H,6-7H2,1-3H3,(H,21,23). The maximum Gasteiger partial charge on any atom is 0.262 e. The summed E-state index contributed by atoms with van der Waals surface area (Å²) >= 11 is 6.12. The molecular weight excluding hydrogens is 404 g/mol. The number of hydrogen-bond donors (Lipinski definition) is 2. The summed E-state index contributed by atoms with van der Waals surface area (Å²) in [7, 11) is -1.13. The van der Waals surface area contributed by atoms with Crippen LogP contribution in [0.3, 0.4) is 0 Å². The molecule has 0 atom stereocenters. The molecule has 0 saturated heterocycles. The van der Waals surface area contributed by atoms with Gasteiger partial charge in [-0.15, -0.1) is 0 Å². The Morgan fingerprint density at radius 3 is 2.39 bits per heavy atom. The van der Waals surface area contributed by atoms with Crippen molar-refractivity contribution >= 4 is 33.2 Å². The van der Waals surface area contributed by atoms with Gasteiger partial charge in [0, 0.05) is 17.7 Å². The Hall–Kier alpha value is -2.45. The highest BCUT2D eigenvalue weighted by Gasteiger charge is 2.26. The van der Waals surface area contributed by atoms with Gasteiger partial charge in [-0.2, -0.15) is 0 Å². The van der Waals surface area contributed by atoms with Crippen LogP contribution in [-0.4, -0.2) is 34.6 Å². The molecule has 0 heterocycles. The molecule has 1 aliphatic carbocycles. The number of benzene rings is 2. The van der Waals surface area contributed by atoms with Crippen LogP contribution in [0.25, 0.3) is 0 Å². The van der Waals surface area contributed by atoms with Crippen molar-refractivity contribution in [2.45, 2.75) is 30.7 Å². The predicted molar refractivity (Wildman–Crippen MR) is 107 cm³/mol. The van der Waals surface area contributed by atoms with E-state index in [9.17, 15) is 13.2 Å². The van der Waals surface area contributed by atoms with Gasteiger partial charge in [-0.3, -0.25) is 9.52 Å². The van der Waals surface area contributed by atoms with E-state index in [1.54, 1.807) is 19.1 Å². The summed E-state index contributed by atoms with van der Waals surface area (Å²) in [4.78, 5) is 12.3. The summed E-state index contributed by atoms with van der Waals surface area (Å²) in [5, 5.41) is 3.08. The number of nitrogens with one attached hydrogen (secondary N) is 2. The number of hydrogen-bond acceptors (Lipinski definition) is 5. The van der Waals surface area contributed by atoms with E-state index in [1.165, 1.54) is 32.4 Å². The van der Waals surface area contributed by atoms with Crippen molar-refractivity contribution in [1.82, 2.24) is 5.32 Å². The third kappa shape index (κ3) is 4.34. The fourth-order valence-electron chi connectivity index (χ4n) is 2.67. The zero-order valence-corrected chi connectivity index (χ0v) is 17.3. The van der Waals surface area contributed by atoms with Gasteiger partial charge < -0.3 is 14.8 Å². The van der Waals surface area contributed by atoms with E-state index < -0.39 is 10.0 Å². The fourth-order valence-corrected chi connectivity index (χ4v) is 4.24. The number of ether oxygens (including phenoxy) is 2. The smallest absolute Gasteiger partial charge is 0.262 e. The third-order valence-corrected chi connectivity index (χ3v) is 6.17. The highest BCUT2D eigenvalue weighted by atomic mass is 35.5. The Morgan fingerprint density at radius 2 is 1.79 bits per heavy atom. The lowest BCUT2D eigenvalue weighted by Crippen LogP contribution is -2.26. The molecule has 2 N–H and O–H groups in total. The maximum absolute atomic E-state index is 13.0. The molecule has 0 unspecified atom stereocenters. The van der Waals surface area contributed by atoms with Gasteiger partial charge in [0.25, 0.3) is 15.9 Å². The molecule has 0 aromatic heterocycles. The first kappa shape index (κ1) is 20.3. The topological polar surface area (TPSA) is 93.7 Å². The van der Waals surface area contributed by atoms with Gasteiger partial charge in [0.05, 0.1) is 29.8 Å². The quantitative estimate of drug-likeness (QED) is 0.710. The van der Waals surface area contributed by atoms with Gasteiger partial charge in [-0.25, -0.2) is 8.42 Å². The van der Waals surface area contributed by atoms with E-state index in [0.717, 1.165) is 12.8 Å². The van der Waals surface area contributed by atoms with Crippen LogP contribution in [0.1, 0.15) is 28.8 Å². The molecular formula is C19H21ClN2O5S. The first-order valence-corrected chi connectivity index (χ1v) is 10.5. The molecule has 0 bridgehead atoms. The predicted octanol–water partition coefficient (Wildman–Crippen LogP) is 3.36. The largest absolute Gasteiger partial charge is 0.495 e. The van der Waals surface area contributed by atoms with Crippen molar-refractivity contribution in [2.75, 3.05) is 18.9 Å². The Kier molecular flexibility index (Phi) is 5.71. The number of carbonyl (C=O) groups excluding carboxylic acids is 1. The lowest BCUT2D eigenvalue weighted by Gasteiger charge is -2.16. The second-order valence-corrected chi connectivity index (χ2v) is 8.58. The van der Waals surface area contributed by atoms with Crippen molar-refractivity contribution in [3.8, 4) is 11.5 Å². The number of rotatable bonds is 7. The number of anilines is 1. The van der Waals surface area contributed by atoms with E-state index in [0.29, 0.717) is 11.3 Å². The van der Waals surface area contributed by atoms with E-state index in [4.69, 9.17) is 21.1 Å². The number of halogens is 1. The molecule has 1 aliphatic rings. The van der Waals surface area contributed by atoms with Crippen LogP contribution in [0.4, 0.5) is 5.69 Å². The average molecular weight is 425 g/mol. The summed E-state index contributed by atoms with van der Waals surface area (Å²) in [5.41, 5.74) is 0.965. The minimum absolute atomic E-state index is 0.00457. The fraction of sp³-hybridized carbons (Fsp3) is 0.316. The maximum atomic E-state index is 13.0. The summed E-state index contributed by atoms with van der Waals surface area (Å²) in [5.74, 6) is 0.325. The lowest BCUT2D eigenvalue weighted by molar-refractivity contribution is 0.0951. The minimum atomic E-state index is -3.99. The highest BCUT2D eigenvalue weighted by molar-refractivity contribution is 7.92. The normalized spacial score (nSPS) is 13.7. The molecule has 150 valence electrons. The van der Waals surface area contributed by atoms with Gasteiger partial charge in [0.2, 0.25) is 0 Å². The molecule has 0 spiro atoms. The second-order valence-electron chi connectivity index (χ2n) is 6.52. The van der Waals surface area contributed by atoms with E-state index in [-0.39, 0.29) is 38.9 Å². The Morgan fingerprint density at radius 1 is 1.11 bits per heavy atom. The number of aryl methyl sites for hydroxylation is 1. The van der Waals surface area contributed by atoms with Crippen molar-refractivity contribution < 1.29 is 22.7 Å². The molecule has 1 fully saturated rings. The summed E-state index contributed by atoms with van der Waals surface area (Å²) in [6, 6.07) is 7.67. The molecule has 0 radical (unpaired) electrons. The van der Waals surface area contributed by atoms with E-state index in [2.05, 4.69) is 10.0 Å². The SMILES string of the molecule is COc1cc(OC)c(NS(=O)(=O)c2cc(C(=O)NC3CC3)ccc2C)cc1Cl. The molecule has 2 aromatic rings. The van der Waals surface area contributed by atoms with Gasteiger partial charge in [-0.1, -0.05) is 17.7 Å². The monoisotopic (exact) mass is 424 g/mol. The first-order valence-electron chi connectivity index (χ1n) is 8.61. The molecule has 3 rings (SSSR count). The van der Waals surface area contributed by atoms with Crippen molar-refractivity contribution in [3.63, 3.8) is 0 Å². The van der Waals surface area contributed by atoms with Crippen LogP contribution < -0.4 is 19.5 Å². The molecule has 1 amide bonds.